The quantitative estimate of drug-likeness (QED) is 0.658. The van der Waals surface area contributed by atoms with Crippen LogP contribution in [0.5, 0.6) is 0 Å². The molecular formula is C6H7NO2S. The maximum absolute atomic E-state index is 10.2. The van der Waals surface area contributed by atoms with Crippen LogP contribution in [0.15, 0.2) is 24.5 Å². The van der Waals surface area contributed by atoms with Crippen molar-refractivity contribution in [2.45, 2.75) is 0 Å². The molecule has 0 amide bonds. The van der Waals surface area contributed by atoms with Gasteiger partial charge in [0.1, 0.15) is 0 Å². The molecule has 0 radical (unpaired) electrons. The lowest BCUT2D eigenvalue weighted by atomic mass is 10.3. The minimum atomic E-state index is -0.942. The van der Waals surface area contributed by atoms with Gasteiger partial charge in [-0.3, -0.25) is 4.98 Å². The van der Waals surface area contributed by atoms with Gasteiger partial charge >= 0.3 is 5.97 Å². The lowest BCUT2D eigenvalue weighted by Gasteiger charge is -1.87. The molecule has 0 saturated heterocycles. The van der Waals surface area contributed by atoms with Crippen LogP contribution in [0.3, 0.4) is 0 Å². The zero-order chi connectivity index (χ0) is 6.69. The lowest BCUT2D eigenvalue weighted by Crippen LogP contribution is -1.94. The second-order valence-electron chi connectivity index (χ2n) is 1.55. The van der Waals surface area contributed by atoms with Crippen molar-refractivity contribution in [2.75, 3.05) is 0 Å². The van der Waals surface area contributed by atoms with Crippen molar-refractivity contribution in [3.63, 3.8) is 0 Å². The molecule has 0 aromatic carbocycles. The Kier molecular flexibility index (Phi) is 3.49. The molecular weight excluding hydrogens is 150 g/mol. The van der Waals surface area contributed by atoms with E-state index in [1.54, 1.807) is 6.07 Å². The molecule has 0 aliphatic carbocycles. The van der Waals surface area contributed by atoms with Gasteiger partial charge < -0.3 is 5.11 Å². The van der Waals surface area contributed by atoms with Gasteiger partial charge in [0.15, 0.2) is 0 Å². The molecule has 1 aromatic heterocycles. The van der Waals surface area contributed by atoms with Crippen LogP contribution in [0.25, 0.3) is 0 Å². The van der Waals surface area contributed by atoms with Crippen molar-refractivity contribution < 1.29 is 9.90 Å². The molecule has 0 aliphatic heterocycles. The smallest absolute Gasteiger partial charge is 0.337 e. The van der Waals surface area contributed by atoms with E-state index in [4.69, 9.17) is 5.11 Å². The zero-order valence-corrected chi connectivity index (χ0v) is 6.11. The lowest BCUT2D eigenvalue weighted by molar-refractivity contribution is 0.0696. The summed E-state index contributed by atoms with van der Waals surface area (Å²) in [7, 11) is 0. The number of rotatable bonds is 1. The van der Waals surface area contributed by atoms with E-state index in [2.05, 4.69) is 4.98 Å². The van der Waals surface area contributed by atoms with Crippen molar-refractivity contribution in [1.82, 2.24) is 4.98 Å². The number of hydrogen-bond donors (Lipinski definition) is 1. The van der Waals surface area contributed by atoms with Crippen LogP contribution in [0.2, 0.25) is 0 Å². The van der Waals surface area contributed by atoms with Crippen LogP contribution in [0.4, 0.5) is 0 Å². The summed E-state index contributed by atoms with van der Waals surface area (Å²) in [5.74, 6) is -0.942. The summed E-state index contributed by atoms with van der Waals surface area (Å²) >= 11 is 0. The number of carboxylic acid groups (broad SMARTS) is 1. The van der Waals surface area contributed by atoms with E-state index < -0.39 is 5.97 Å². The third-order valence-electron chi connectivity index (χ3n) is 0.908. The van der Waals surface area contributed by atoms with Crippen LogP contribution in [-0.4, -0.2) is 16.1 Å². The van der Waals surface area contributed by atoms with Gasteiger partial charge in [-0.15, -0.1) is 0 Å². The topological polar surface area (TPSA) is 50.2 Å². The third-order valence-corrected chi connectivity index (χ3v) is 0.908. The predicted molar refractivity (Wildman–Crippen MR) is 41.6 cm³/mol. The van der Waals surface area contributed by atoms with Gasteiger partial charge in [-0.25, -0.2) is 4.79 Å². The summed E-state index contributed by atoms with van der Waals surface area (Å²) in [5.41, 5.74) is 0.220. The fraction of sp³-hybridized carbons (Fsp3) is 0. The highest BCUT2D eigenvalue weighted by atomic mass is 32.1. The second-order valence-corrected chi connectivity index (χ2v) is 1.55. The highest BCUT2D eigenvalue weighted by molar-refractivity contribution is 7.59. The number of aromatic nitrogens is 1. The number of aromatic carboxylic acids is 1. The summed E-state index contributed by atoms with van der Waals surface area (Å²) in [4.78, 5) is 13.8. The Bertz CT molecular complexity index is 212. The van der Waals surface area contributed by atoms with Gasteiger partial charge in [0.2, 0.25) is 0 Å². The second kappa shape index (κ2) is 3.90. The number of carboxylic acids is 1. The molecule has 1 aromatic rings. The molecule has 54 valence electrons. The molecule has 0 fully saturated rings. The monoisotopic (exact) mass is 157 g/mol. The van der Waals surface area contributed by atoms with Crippen LogP contribution >= 0.6 is 13.5 Å². The first-order valence-electron chi connectivity index (χ1n) is 2.44. The van der Waals surface area contributed by atoms with Gasteiger partial charge in [-0.1, -0.05) is 0 Å². The minimum Gasteiger partial charge on any atom is -0.478 e. The van der Waals surface area contributed by atoms with Gasteiger partial charge in [0.05, 0.1) is 5.56 Å². The number of nitrogens with zero attached hydrogens (tertiary/aromatic N) is 1. The van der Waals surface area contributed by atoms with E-state index in [1.165, 1.54) is 18.5 Å². The average Bonchev–Trinajstić information content (AvgIpc) is 1.90. The fourth-order valence-electron chi connectivity index (χ4n) is 0.489. The Morgan fingerprint density at radius 1 is 1.60 bits per heavy atom. The summed E-state index contributed by atoms with van der Waals surface area (Å²) in [6.45, 7) is 0. The maximum Gasteiger partial charge on any atom is 0.337 e. The van der Waals surface area contributed by atoms with Crippen molar-refractivity contribution in [1.29, 1.82) is 0 Å². The largest absolute Gasteiger partial charge is 0.478 e. The Morgan fingerprint density at radius 2 is 2.30 bits per heavy atom. The van der Waals surface area contributed by atoms with Gasteiger partial charge in [-0.2, -0.15) is 13.5 Å². The van der Waals surface area contributed by atoms with E-state index in [0.29, 0.717) is 0 Å². The van der Waals surface area contributed by atoms with Crippen molar-refractivity contribution in [2.24, 2.45) is 0 Å². The molecule has 0 saturated carbocycles. The molecule has 1 N–H and O–H groups in total. The maximum atomic E-state index is 10.2. The number of carbonyl (C=O) groups is 1. The molecule has 0 aliphatic rings. The van der Waals surface area contributed by atoms with E-state index in [0.717, 1.165) is 0 Å². The van der Waals surface area contributed by atoms with Crippen LogP contribution < -0.4 is 0 Å². The molecule has 0 unspecified atom stereocenters. The highest BCUT2D eigenvalue weighted by Gasteiger charge is 1.97. The predicted octanol–water partition coefficient (Wildman–Crippen LogP) is 0.893. The van der Waals surface area contributed by atoms with Gasteiger partial charge in [0, 0.05) is 12.4 Å². The summed E-state index contributed by atoms with van der Waals surface area (Å²) in [6.07, 6.45) is 2.84. The summed E-state index contributed by atoms with van der Waals surface area (Å²) < 4.78 is 0. The van der Waals surface area contributed by atoms with Gasteiger partial charge in [-0.05, 0) is 12.1 Å². The highest BCUT2D eigenvalue weighted by Crippen LogP contribution is 1.92. The van der Waals surface area contributed by atoms with Crippen molar-refractivity contribution in [3.8, 4) is 0 Å². The summed E-state index contributed by atoms with van der Waals surface area (Å²) in [5, 5.41) is 8.34. The van der Waals surface area contributed by atoms with Crippen LogP contribution in [0, 0.1) is 0 Å². The zero-order valence-electron chi connectivity index (χ0n) is 5.11. The molecule has 10 heavy (non-hydrogen) atoms. The number of hydrogen-bond acceptors (Lipinski definition) is 2. The first-order valence-corrected chi connectivity index (χ1v) is 2.44. The Morgan fingerprint density at radius 3 is 2.60 bits per heavy atom. The van der Waals surface area contributed by atoms with E-state index in [1.807, 2.05) is 0 Å². The minimum absolute atomic E-state index is 0. The SMILES string of the molecule is O=C(O)c1cccnc1.S. The van der Waals surface area contributed by atoms with Gasteiger partial charge in [0.25, 0.3) is 0 Å². The normalized spacial score (nSPS) is 8.00. The standard InChI is InChI=1S/C6H5NO2.H2S/c8-6(9)5-2-1-3-7-4-5;/h1-4H,(H,8,9);1H2. The Labute approximate surface area is 65.2 Å². The fourth-order valence-corrected chi connectivity index (χ4v) is 0.489. The Hall–Kier alpha value is -1.03. The molecule has 0 atom stereocenters. The third kappa shape index (κ3) is 2.06. The number of pyridine rings is 1. The van der Waals surface area contributed by atoms with Crippen LogP contribution in [0.1, 0.15) is 10.4 Å². The summed E-state index contributed by atoms with van der Waals surface area (Å²) in [6, 6.07) is 3.08. The molecule has 4 heteroatoms. The molecule has 1 heterocycles. The first kappa shape index (κ1) is 8.97. The molecule has 3 nitrogen and oxygen atoms in total. The molecule has 0 spiro atoms. The molecule has 0 bridgehead atoms. The van der Waals surface area contributed by atoms with Crippen molar-refractivity contribution >= 4 is 19.5 Å². The average molecular weight is 157 g/mol. The first-order chi connectivity index (χ1) is 4.30. The Balaban J connectivity index is 0.000000810. The van der Waals surface area contributed by atoms with E-state index in [-0.39, 0.29) is 19.1 Å². The van der Waals surface area contributed by atoms with Crippen molar-refractivity contribution in [3.05, 3.63) is 30.1 Å². The molecule has 1 rings (SSSR count). The van der Waals surface area contributed by atoms with Crippen LogP contribution in [-0.2, 0) is 0 Å². The van der Waals surface area contributed by atoms with E-state index >= 15 is 0 Å². The van der Waals surface area contributed by atoms with E-state index in [9.17, 15) is 4.79 Å².